The summed E-state index contributed by atoms with van der Waals surface area (Å²) in [4.78, 5) is 0. The molecule has 1 saturated carbocycles. The third-order valence-corrected chi connectivity index (χ3v) is 4.63. The van der Waals surface area contributed by atoms with Gasteiger partial charge in [-0.05, 0) is 84.5 Å². The van der Waals surface area contributed by atoms with E-state index in [0.717, 1.165) is 12.8 Å². The average molecular weight is 317 g/mol. The first-order chi connectivity index (χ1) is 10.8. The summed E-state index contributed by atoms with van der Waals surface area (Å²) in [6.45, 7) is 13.5. The van der Waals surface area contributed by atoms with Gasteiger partial charge in [-0.15, -0.1) is 0 Å². The van der Waals surface area contributed by atoms with Crippen LogP contribution >= 0.6 is 0 Å². The maximum absolute atomic E-state index is 9.04. The monoisotopic (exact) mass is 316 g/mol. The molecule has 0 aliphatic heterocycles. The van der Waals surface area contributed by atoms with Crippen LogP contribution in [-0.2, 0) is 0 Å². The Balaban J connectivity index is 3.10. The summed E-state index contributed by atoms with van der Waals surface area (Å²) in [6.07, 6.45) is 15.0. The van der Waals surface area contributed by atoms with Gasteiger partial charge in [0.1, 0.15) is 0 Å². The Bertz CT molecular complexity index is 466. The molecule has 1 aliphatic rings. The van der Waals surface area contributed by atoms with Gasteiger partial charge < -0.3 is 5.11 Å². The molecule has 130 valence electrons. The average Bonchev–Trinajstić information content (AvgIpc) is 2.73. The summed E-state index contributed by atoms with van der Waals surface area (Å²) in [5.74, 6) is 2.53. The molecule has 0 aromatic heterocycles. The van der Waals surface area contributed by atoms with Gasteiger partial charge in [0.25, 0.3) is 0 Å². The molecule has 0 bridgehead atoms. The van der Waals surface area contributed by atoms with E-state index >= 15 is 0 Å². The number of aliphatic hydroxyl groups excluding tert-OH is 1. The summed E-state index contributed by atoms with van der Waals surface area (Å²) in [5, 5.41) is 9.04. The Morgan fingerprint density at radius 1 is 0.913 bits per heavy atom. The SMILES string of the molecule is CC(C)=CCC1C(/C=C/CCO)CC(C=C(C)C)C1C=C(C)C. The van der Waals surface area contributed by atoms with Gasteiger partial charge in [-0.25, -0.2) is 0 Å². The maximum atomic E-state index is 9.04. The van der Waals surface area contributed by atoms with Gasteiger partial charge in [0.15, 0.2) is 0 Å². The van der Waals surface area contributed by atoms with Crippen LogP contribution in [0.5, 0.6) is 0 Å². The molecule has 23 heavy (non-hydrogen) atoms. The Hall–Kier alpha value is -1.08. The number of hydrogen-bond acceptors (Lipinski definition) is 1. The van der Waals surface area contributed by atoms with Crippen molar-refractivity contribution in [1.82, 2.24) is 0 Å². The Labute approximate surface area is 143 Å². The lowest BCUT2D eigenvalue weighted by Crippen LogP contribution is -2.15. The van der Waals surface area contributed by atoms with E-state index in [4.69, 9.17) is 5.11 Å². The van der Waals surface area contributed by atoms with E-state index in [-0.39, 0.29) is 6.61 Å². The van der Waals surface area contributed by atoms with Gasteiger partial charge in [-0.2, -0.15) is 0 Å². The number of hydrogen-bond donors (Lipinski definition) is 1. The molecule has 0 aromatic rings. The van der Waals surface area contributed by atoms with E-state index in [1.165, 1.54) is 23.1 Å². The minimum absolute atomic E-state index is 0.247. The van der Waals surface area contributed by atoms with Crippen LogP contribution in [0, 0.1) is 23.7 Å². The van der Waals surface area contributed by atoms with Crippen LogP contribution in [0.3, 0.4) is 0 Å². The number of allylic oxidation sites excluding steroid dienone is 7. The molecule has 1 aliphatic carbocycles. The van der Waals surface area contributed by atoms with E-state index in [1.54, 1.807) is 0 Å². The molecule has 1 N–H and O–H groups in total. The van der Waals surface area contributed by atoms with Crippen molar-refractivity contribution < 1.29 is 5.11 Å². The first-order valence-electron chi connectivity index (χ1n) is 9.06. The van der Waals surface area contributed by atoms with Crippen molar-refractivity contribution >= 4 is 0 Å². The van der Waals surface area contributed by atoms with Crippen molar-refractivity contribution in [3.8, 4) is 0 Å². The summed E-state index contributed by atoms with van der Waals surface area (Å²) >= 11 is 0. The Kier molecular flexibility index (Phi) is 8.62. The maximum Gasteiger partial charge on any atom is 0.0465 e. The number of aliphatic hydroxyl groups is 1. The molecular weight excluding hydrogens is 280 g/mol. The second-order valence-corrected chi connectivity index (χ2v) is 7.75. The molecule has 0 amide bonds. The third-order valence-electron chi connectivity index (χ3n) is 4.63. The molecule has 1 nitrogen and oxygen atoms in total. The predicted octanol–water partition coefficient (Wildman–Crippen LogP) is 6.08. The molecular formula is C22H36O. The van der Waals surface area contributed by atoms with Crippen LogP contribution in [0.2, 0.25) is 0 Å². The van der Waals surface area contributed by atoms with E-state index in [1.807, 2.05) is 0 Å². The lowest BCUT2D eigenvalue weighted by molar-refractivity contribution is 0.302. The molecule has 1 rings (SSSR count). The Morgan fingerprint density at radius 2 is 1.57 bits per heavy atom. The van der Waals surface area contributed by atoms with Gasteiger partial charge in [0, 0.05) is 6.61 Å². The molecule has 0 radical (unpaired) electrons. The number of rotatable bonds is 7. The highest BCUT2D eigenvalue weighted by Crippen LogP contribution is 2.46. The zero-order valence-corrected chi connectivity index (χ0v) is 16.0. The highest BCUT2D eigenvalue weighted by Gasteiger charge is 2.38. The molecule has 1 heteroatoms. The van der Waals surface area contributed by atoms with Gasteiger partial charge >= 0.3 is 0 Å². The van der Waals surface area contributed by atoms with Gasteiger partial charge in [0.05, 0.1) is 0 Å². The summed E-state index contributed by atoms with van der Waals surface area (Å²) < 4.78 is 0. The minimum Gasteiger partial charge on any atom is -0.396 e. The fraction of sp³-hybridized carbons (Fsp3) is 0.636. The molecule has 1 fully saturated rings. The van der Waals surface area contributed by atoms with E-state index in [0.29, 0.717) is 23.7 Å². The first-order valence-corrected chi connectivity index (χ1v) is 9.06. The van der Waals surface area contributed by atoms with Crippen molar-refractivity contribution in [2.45, 2.75) is 60.8 Å². The van der Waals surface area contributed by atoms with Crippen LogP contribution in [0.25, 0.3) is 0 Å². The standard InChI is InChI=1S/C22H36O/c1-16(2)10-11-21-19(9-7-8-12-23)15-20(13-17(3)4)22(21)14-18(5)6/h7,9-10,13-14,19-23H,8,11-12,15H2,1-6H3/b9-7+. The van der Waals surface area contributed by atoms with E-state index < -0.39 is 0 Å². The normalized spacial score (nSPS) is 27.1. The van der Waals surface area contributed by atoms with Crippen molar-refractivity contribution in [1.29, 1.82) is 0 Å². The van der Waals surface area contributed by atoms with Crippen molar-refractivity contribution in [3.05, 3.63) is 47.1 Å². The second-order valence-electron chi connectivity index (χ2n) is 7.75. The smallest absolute Gasteiger partial charge is 0.0465 e. The third kappa shape index (κ3) is 6.91. The lowest BCUT2D eigenvalue weighted by atomic mass is 9.82. The zero-order valence-electron chi connectivity index (χ0n) is 16.0. The van der Waals surface area contributed by atoms with E-state index in [9.17, 15) is 0 Å². The topological polar surface area (TPSA) is 20.2 Å². The molecule has 0 saturated heterocycles. The van der Waals surface area contributed by atoms with Crippen LogP contribution in [0.15, 0.2) is 47.1 Å². The van der Waals surface area contributed by atoms with Gasteiger partial charge in [-0.3, -0.25) is 0 Å². The van der Waals surface area contributed by atoms with E-state index in [2.05, 4.69) is 71.9 Å². The predicted molar refractivity (Wildman–Crippen MR) is 102 cm³/mol. The highest BCUT2D eigenvalue weighted by atomic mass is 16.2. The summed E-state index contributed by atoms with van der Waals surface area (Å²) in [7, 11) is 0. The molecule has 0 aromatic carbocycles. The molecule has 4 unspecified atom stereocenters. The first kappa shape index (κ1) is 20.0. The Morgan fingerprint density at radius 3 is 2.09 bits per heavy atom. The quantitative estimate of drug-likeness (QED) is 0.564. The lowest BCUT2D eigenvalue weighted by Gasteiger charge is -2.22. The summed E-state index contributed by atoms with van der Waals surface area (Å²) in [6, 6.07) is 0. The van der Waals surface area contributed by atoms with Crippen LogP contribution in [-0.4, -0.2) is 11.7 Å². The van der Waals surface area contributed by atoms with Gasteiger partial charge in [0.2, 0.25) is 0 Å². The largest absolute Gasteiger partial charge is 0.396 e. The van der Waals surface area contributed by atoms with Crippen LogP contribution in [0.4, 0.5) is 0 Å². The van der Waals surface area contributed by atoms with Crippen LogP contribution in [0.1, 0.15) is 60.8 Å². The van der Waals surface area contributed by atoms with Gasteiger partial charge in [-0.1, -0.05) is 47.1 Å². The minimum atomic E-state index is 0.247. The fourth-order valence-electron chi connectivity index (χ4n) is 3.76. The van der Waals surface area contributed by atoms with Crippen molar-refractivity contribution in [2.24, 2.45) is 23.7 Å². The molecule has 0 spiro atoms. The van der Waals surface area contributed by atoms with Crippen LogP contribution < -0.4 is 0 Å². The summed E-state index contributed by atoms with van der Waals surface area (Å²) in [5.41, 5.74) is 4.25. The fourth-order valence-corrected chi connectivity index (χ4v) is 3.76. The zero-order chi connectivity index (χ0) is 17.4. The highest BCUT2D eigenvalue weighted by molar-refractivity contribution is 5.16. The molecule has 4 atom stereocenters. The second kappa shape index (κ2) is 9.93. The molecule has 0 heterocycles. The van der Waals surface area contributed by atoms with Crippen molar-refractivity contribution in [2.75, 3.05) is 6.61 Å². The van der Waals surface area contributed by atoms with Crippen molar-refractivity contribution in [3.63, 3.8) is 0 Å².